The number of allylic oxidation sites excluding steroid dienone is 1. The van der Waals surface area contributed by atoms with E-state index < -0.39 is 52.4 Å². The van der Waals surface area contributed by atoms with Gasteiger partial charge >= 0.3 is 18.1 Å². The second-order valence-corrected chi connectivity index (χ2v) is 7.22. The van der Waals surface area contributed by atoms with Crippen molar-refractivity contribution in [2.24, 2.45) is 5.73 Å². The molecule has 35 heavy (non-hydrogen) atoms. The van der Waals surface area contributed by atoms with Gasteiger partial charge in [-0.05, 0) is 23.8 Å². The Morgan fingerprint density at radius 2 is 1.66 bits per heavy atom. The van der Waals surface area contributed by atoms with Crippen LogP contribution >= 0.6 is 0 Å². The van der Waals surface area contributed by atoms with Crippen molar-refractivity contribution in [3.63, 3.8) is 0 Å². The van der Waals surface area contributed by atoms with Gasteiger partial charge < -0.3 is 19.9 Å². The van der Waals surface area contributed by atoms with Crippen molar-refractivity contribution >= 4 is 17.6 Å². The minimum absolute atomic E-state index is 0.111. The molecule has 0 fully saturated rings. The SMILES string of the molecule is COC(=O)C1=C(C(=O)OC)N(c2ccc(OC)cc2C(F)(F)F)C(N)=C(C#N)C1c1ccccc1. The smallest absolute Gasteiger partial charge is 0.418 e. The van der Waals surface area contributed by atoms with Crippen LogP contribution in [0, 0.1) is 11.3 Å². The zero-order valence-electron chi connectivity index (χ0n) is 18.8. The Morgan fingerprint density at radius 3 is 2.17 bits per heavy atom. The number of methoxy groups -OCH3 is 3. The lowest BCUT2D eigenvalue weighted by molar-refractivity contribution is -0.140. The first kappa shape index (κ1) is 25.2. The lowest BCUT2D eigenvalue weighted by Crippen LogP contribution is -2.41. The average Bonchev–Trinajstić information content (AvgIpc) is 2.86. The lowest BCUT2D eigenvalue weighted by atomic mass is 9.80. The number of ether oxygens (including phenoxy) is 3. The molecule has 8 nitrogen and oxygen atoms in total. The number of nitrogens with two attached hydrogens (primary N) is 1. The Morgan fingerprint density at radius 1 is 1.03 bits per heavy atom. The van der Waals surface area contributed by atoms with Crippen LogP contribution in [-0.2, 0) is 25.2 Å². The highest BCUT2D eigenvalue weighted by Gasteiger charge is 2.45. The molecule has 0 spiro atoms. The fraction of sp³-hybridized carbons (Fsp3) is 0.208. The van der Waals surface area contributed by atoms with E-state index >= 15 is 0 Å². The van der Waals surface area contributed by atoms with E-state index in [1.807, 2.05) is 6.07 Å². The molecule has 2 N–H and O–H groups in total. The third-order valence-corrected chi connectivity index (χ3v) is 5.36. The predicted molar refractivity (Wildman–Crippen MR) is 118 cm³/mol. The molecule has 0 aromatic heterocycles. The number of nitrogens with zero attached hydrogens (tertiary/aromatic N) is 2. The van der Waals surface area contributed by atoms with Crippen molar-refractivity contribution in [3.05, 3.63) is 82.3 Å². The molecule has 0 saturated carbocycles. The Hall–Kier alpha value is -4.46. The zero-order valence-corrected chi connectivity index (χ0v) is 18.8. The van der Waals surface area contributed by atoms with E-state index in [4.69, 9.17) is 19.9 Å². The van der Waals surface area contributed by atoms with Crippen LogP contribution < -0.4 is 15.4 Å². The molecule has 1 aliphatic rings. The maximum Gasteiger partial charge on any atom is 0.418 e. The first-order chi connectivity index (χ1) is 16.6. The van der Waals surface area contributed by atoms with Crippen molar-refractivity contribution in [2.75, 3.05) is 26.2 Å². The van der Waals surface area contributed by atoms with Gasteiger partial charge in [-0.2, -0.15) is 18.4 Å². The third-order valence-electron chi connectivity index (χ3n) is 5.36. The number of esters is 2. The number of rotatable bonds is 5. The molecule has 182 valence electrons. The van der Waals surface area contributed by atoms with Crippen LogP contribution in [0.25, 0.3) is 0 Å². The van der Waals surface area contributed by atoms with E-state index in [1.165, 1.54) is 13.2 Å². The second-order valence-electron chi connectivity index (χ2n) is 7.22. The molecular formula is C24H20F3N3O5. The van der Waals surface area contributed by atoms with E-state index in [2.05, 4.69) is 0 Å². The van der Waals surface area contributed by atoms with Crippen molar-refractivity contribution in [1.82, 2.24) is 0 Å². The van der Waals surface area contributed by atoms with Crippen LogP contribution in [0.5, 0.6) is 5.75 Å². The fourth-order valence-corrected chi connectivity index (χ4v) is 3.83. The molecule has 3 rings (SSSR count). The summed E-state index contributed by atoms with van der Waals surface area (Å²) in [7, 11) is 3.23. The number of hydrogen-bond donors (Lipinski definition) is 1. The summed E-state index contributed by atoms with van der Waals surface area (Å²) in [5.74, 6) is -4.00. The summed E-state index contributed by atoms with van der Waals surface area (Å²) >= 11 is 0. The summed E-state index contributed by atoms with van der Waals surface area (Å²) in [5.41, 5.74) is 3.54. The van der Waals surface area contributed by atoms with Gasteiger partial charge in [0.2, 0.25) is 0 Å². The van der Waals surface area contributed by atoms with Gasteiger partial charge in [0.25, 0.3) is 0 Å². The molecule has 0 radical (unpaired) electrons. The highest BCUT2D eigenvalue weighted by molar-refractivity contribution is 6.06. The second kappa shape index (κ2) is 9.80. The van der Waals surface area contributed by atoms with Gasteiger partial charge in [0.1, 0.15) is 17.3 Å². The number of hydrogen-bond acceptors (Lipinski definition) is 8. The minimum Gasteiger partial charge on any atom is -0.497 e. The van der Waals surface area contributed by atoms with Gasteiger partial charge in [0.05, 0.1) is 55.7 Å². The van der Waals surface area contributed by atoms with Gasteiger partial charge in [-0.15, -0.1) is 0 Å². The first-order valence-corrected chi connectivity index (χ1v) is 10.0. The molecule has 1 unspecified atom stereocenters. The van der Waals surface area contributed by atoms with E-state index in [-0.39, 0.29) is 11.3 Å². The van der Waals surface area contributed by atoms with Crippen LogP contribution in [0.1, 0.15) is 17.0 Å². The maximum absolute atomic E-state index is 14.1. The number of carbonyl (C=O) groups excluding carboxylic acids is 2. The van der Waals surface area contributed by atoms with Crippen molar-refractivity contribution < 1.29 is 37.0 Å². The summed E-state index contributed by atoms with van der Waals surface area (Å²) in [4.78, 5) is 26.7. The number of nitriles is 1. The third kappa shape index (κ3) is 4.50. The molecule has 11 heteroatoms. The largest absolute Gasteiger partial charge is 0.497 e. The Bertz CT molecular complexity index is 1260. The van der Waals surface area contributed by atoms with Crippen LogP contribution in [0.4, 0.5) is 18.9 Å². The molecule has 0 bridgehead atoms. The number of halogens is 3. The van der Waals surface area contributed by atoms with E-state index in [0.717, 1.165) is 20.3 Å². The number of anilines is 1. The molecule has 0 amide bonds. The Labute approximate surface area is 198 Å². The van der Waals surface area contributed by atoms with Crippen molar-refractivity contribution in [1.29, 1.82) is 5.26 Å². The molecule has 1 atom stereocenters. The maximum atomic E-state index is 14.1. The molecule has 0 saturated heterocycles. The quantitative estimate of drug-likeness (QED) is 0.636. The number of alkyl halides is 3. The van der Waals surface area contributed by atoms with Crippen LogP contribution in [-0.4, -0.2) is 33.3 Å². The summed E-state index contributed by atoms with van der Waals surface area (Å²) in [5, 5.41) is 9.98. The summed E-state index contributed by atoms with van der Waals surface area (Å²) < 4.78 is 56.8. The van der Waals surface area contributed by atoms with E-state index in [9.17, 15) is 28.0 Å². The van der Waals surface area contributed by atoms with Crippen LogP contribution in [0.2, 0.25) is 0 Å². The van der Waals surface area contributed by atoms with Gasteiger partial charge in [-0.1, -0.05) is 30.3 Å². The van der Waals surface area contributed by atoms with Crippen molar-refractivity contribution in [2.45, 2.75) is 12.1 Å². The molecule has 1 heterocycles. The van der Waals surface area contributed by atoms with Crippen LogP contribution in [0.3, 0.4) is 0 Å². The first-order valence-electron chi connectivity index (χ1n) is 10.0. The minimum atomic E-state index is -4.92. The summed E-state index contributed by atoms with van der Waals surface area (Å²) in [6.07, 6.45) is -4.92. The predicted octanol–water partition coefficient (Wildman–Crippen LogP) is 3.61. The lowest BCUT2D eigenvalue weighted by Gasteiger charge is -2.36. The van der Waals surface area contributed by atoms with Gasteiger partial charge in [-0.25, -0.2) is 9.59 Å². The van der Waals surface area contributed by atoms with Crippen LogP contribution in [0.15, 0.2) is 71.2 Å². The monoisotopic (exact) mass is 487 g/mol. The number of carbonyl (C=O) groups is 2. The fourth-order valence-electron chi connectivity index (χ4n) is 3.83. The van der Waals surface area contributed by atoms with E-state index in [0.29, 0.717) is 16.5 Å². The molecular weight excluding hydrogens is 467 g/mol. The van der Waals surface area contributed by atoms with Gasteiger partial charge in [0.15, 0.2) is 0 Å². The molecule has 1 aliphatic heterocycles. The molecule has 0 aliphatic carbocycles. The molecule has 2 aromatic rings. The highest BCUT2D eigenvalue weighted by atomic mass is 19.4. The topological polar surface area (TPSA) is 115 Å². The average molecular weight is 487 g/mol. The van der Waals surface area contributed by atoms with E-state index in [1.54, 1.807) is 30.3 Å². The van der Waals surface area contributed by atoms with Gasteiger partial charge in [0, 0.05) is 0 Å². The number of benzene rings is 2. The van der Waals surface area contributed by atoms with Crippen molar-refractivity contribution in [3.8, 4) is 11.8 Å². The Balaban J connectivity index is 2.48. The standard InChI is InChI=1S/C24H20F3N3O5/c1-33-14-9-10-17(16(11-14)24(25,26)27)30-20(23(32)35-3)19(22(31)34-2)18(15(12-28)21(30)29)13-7-5-4-6-8-13/h4-11,18H,29H2,1-3H3. The molecule has 2 aromatic carbocycles. The zero-order chi connectivity index (χ0) is 25.9. The summed E-state index contributed by atoms with van der Waals surface area (Å²) in [6, 6.07) is 12.9. The summed E-state index contributed by atoms with van der Waals surface area (Å²) in [6.45, 7) is 0. The highest BCUT2D eigenvalue weighted by Crippen LogP contribution is 2.47. The normalized spacial score (nSPS) is 16.0. The Kier molecular flexibility index (Phi) is 7.05. The van der Waals surface area contributed by atoms with Gasteiger partial charge in [-0.3, -0.25) is 4.90 Å².